The predicted molar refractivity (Wildman–Crippen MR) is 44.5 cm³/mol. The molecule has 0 bridgehead atoms. The molecular weight excluding hydrogens is 281 g/mol. The van der Waals surface area contributed by atoms with Crippen LogP contribution in [0.15, 0.2) is 0 Å². The van der Waals surface area contributed by atoms with Gasteiger partial charge in [-0.15, -0.1) is 3.63 Å². The van der Waals surface area contributed by atoms with E-state index in [1.807, 2.05) is 0 Å². The molecule has 0 amide bonds. The maximum Gasteiger partial charge on any atom is 0.490 e. The monoisotopic (exact) mass is 288 g/mol. The summed E-state index contributed by atoms with van der Waals surface area (Å²) in [6.07, 6.45) is -3.76. The number of halogens is 3. The second kappa shape index (κ2) is 5.45. The van der Waals surface area contributed by atoms with Gasteiger partial charge in [0.2, 0.25) is 0 Å². The van der Waals surface area contributed by atoms with E-state index in [9.17, 15) is 30.0 Å². The molecule has 0 aromatic carbocycles. The second-order valence-electron chi connectivity index (χ2n) is 2.28. The molecule has 0 aliphatic carbocycles. The number of rotatable bonds is 2. The van der Waals surface area contributed by atoms with Crippen LogP contribution in [-0.4, -0.2) is 46.6 Å². The van der Waals surface area contributed by atoms with Gasteiger partial charge in [-0.05, 0) is 0 Å². The van der Waals surface area contributed by atoms with Crippen molar-refractivity contribution < 1.29 is 43.5 Å². The number of carbonyl (C=O) groups is 1. The minimum absolute atomic E-state index is 0.661. The predicted octanol–water partition coefficient (Wildman–Crippen LogP) is -0.444. The Morgan fingerprint density at radius 2 is 1.25 bits per heavy atom. The van der Waals surface area contributed by atoms with Gasteiger partial charge in [0.15, 0.2) is 0 Å². The molecule has 0 radical (unpaired) electrons. The molecule has 98 valence electrons. The maximum atomic E-state index is 10.6. The van der Waals surface area contributed by atoms with Crippen molar-refractivity contribution in [2.75, 3.05) is 12.5 Å². The summed E-state index contributed by atoms with van der Waals surface area (Å²) in [6.45, 7) is 0. The number of carboxylic acid groups (broad SMARTS) is 1. The van der Waals surface area contributed by atoms with Gasteiger partial charge >= 0.3 is 12.1 Å². The Morgan fingerprint density at radius 1 is 1.06 bits per heavy atom. The zero-order valence-electron chi connectivity index (χ0n) is 7.85. The molecule has 12 heteroatoms. The molecule has 1 N–H and O–H groups in total. The van der Waals surface area contributed by atoms with E-state index in [0.29, 0.717) is 12.5 Å². The van der Waals surface area contributed by atoms with Crippen molar-refractivity contribution in [3.8, 4) is 0 Å². The fourth-order valence-electron chi connectivity index (χ4n) is 0.225. The van der Waals surface area contributed by atoms with Crippen molar-refractivity contribution in [1.29, 1.82) is 0 Å². The van der Waals surface area contributed by atoms with Crippen LogP contribution in [0.1, 0.15) is 0 Å². The topological polar surface area (TPSA) is 115 Å². The largest absolute Gasteiger partial charge is 0.490 e. The van der Waals surface area contributed by atoms with E-state index in [2.05, 4.69) is 3.63 Å². The minimum atomic E-state index is -5.08. The van der Waals surface area contributed by atoms with Crippen molar-refractivity contribution in [2.45, 2.75) is 6.18 Å². The number of hydrogen-bond donors (Lipinski definition) is 1. The Balaban J connectivity index is 0. The van der Waals surface area contributed by atoms with Gasteiger partial charge in [-0.1, -0.05) is 0 Å². The number of aliphatic carboxylic acids is 1. The van der Waals surface area contributed by atoms with E-state index in [4.69, 9.17) is 9.90 Å². The zero-order chi connectivity index (χ0) is 13.8. The van der Waals surface area contributed by atoms with Crippen LogP contribution in [0.5, 0.6) is 0 Å². The quantitative estimate of drug-likeness (QED) is 0.732. The molecule has 7 nitrogen and oxygen atoms in total. The standard InChI is InChI=1S/C2HF3O2.C2H6O5S2/c3-2(4,5)1(6)7;1-8(3,4)7-9(2,5)6/h(H,6,7);1-2H3. The highest BCUT2D eigenvalue weighted by atomic mass is 32.3. The Labute approximate surface area is 89.1 Å². The average molecular weight is 288 g/mol. The first-order valence-corrected chi connectivity index (χ1v) is 6.69. The third-order valence-corrected chi connectivity index (χ3v) is 2.47. The van der Waals surface area contributed by atoms with Gasteiger partial charge in [0.1, 0.15) is 0 Å². The summed E-state index contributed by atoms with van der Waals surface area (Å²) >= 11 is 0. The summed E-state index contributed by atoms with van der Waals surface area (Å²) in [5.41, 5.74) is 0. The van der Waals surface area contributed by atoms with Crippen LogP contribution in [0.4, 0.5) is 13.2 Å². The molecule has 0 saturated heterocycles. The molecule has 0 aliphatic rings. The fraction of sp³-hybridized carbons (Fsp3) is 0.750. The molecule has 0 aromatic heterocycles. The lowest BCUT2D eigenvalue weighted by Crippen LogP contribution is -2.21. The zero-order valence-corrected chi connectivity index (χ0v) is 9.48. The number of hydrogen-bond acceptors (Lipinski definition) is 6. The van der Waals surface area contributed by atoms with Gasteiger partial charge in [-0.25, -0.2) is 4.79 Å². The molecule has 0 aliphatic heterocycles. The highest BCUT2D eigenvalue weighted by Crippen LogP contribution is 2.13. The molecule has 0 spiro atoms. The second-order valence-corrected chi connectivity index (χ2v) is 5.64. The molecule has 0 aromatic rings. The molecule has 0 rings (SSSR count). The van der Waals surface area contributed by atoms with Crippen LogP contribution >= 0.6 is 0 Å². The lowest BCUT2D eigenvalue weighted by atomic mass is 10.7. The van der Waals surface area contributed by atoms with Gasteiger partial charge in [0.05, 0.1) is 12.5 Å². The van der Waals surface area contributed by atoms with Crippen molar-refractivity contribution in [2.24, 2.45) is 0 Å². The molecule has 0 fully saturated rings. The molecule has 0 unspecified atom stereocenters. The van der Waals surface area contributed by atoms with Gasteiger partial charge in [0, 0.05) is 0 Å². The van der Waals surface area contributed by atoms with E-state index in [1.54, 1.807) is 0 Å². The molecule has 0 heterocycles. The lowest BCUT2D eigenvalue weighted by Gasteiger charge is -1.93. The van der Waals surface area contributed by atoms with Crippen LogP contribution in [0.2, 0.25) is 0 Å². The van der Waals surface area contributed by atoms with Crippen LogP contribution in [0.3, 0.4) is 0 Å². The van der Waals surface area contributed by atoms with E-state index in [1.165, 1.54) is 0 Å². The van der Waals surface area contributed by atoms with Gasteiger partial charge in [-0.2, -0.15) is 30.0 Å². The highest BCUT2D eigenvalue weighted by molar-refractivity contribution is 7.99. The molecule has 0 saturated carbocycles. The number of carboxylic acids is 1. The van der Waals surface area contributed by atoms with Crippen molar-refractivity contribution >= 4 is 26.2 Å². The smallest absolute Gasteiger partial charge is 0.475 e. The normalized spacial score (nSPS) is 12.6. The summed E-state index contributed by atoms with van der Waals surface area (Å²) in [5, 5.41) is 7.12. The minimum Gasteiger partial charge on any atom is -0.475 e. The number of alkyl halides is 3. The summed E-state index contributed by atoms with van der Waals surface area (Å²) in [4.78, 5) is 8.90. The van der Waals surface area contributed by atoms with E-state index < -0.39 is 32.4 Å². The van der Waals surface area contributed by atoms with Crippen LogP contribution in [0, 0.1) is 0 Å². The maximum absolute atomic E-state index is 10.6. The SMILES string of the molecule is CS(=O)(=O)OS(C)(=O)=O.O=C(O)C(F)(F)F. The first-order valence-electron chi connectivity index (χ1n) is 3.06. The molecular formula is C4H7F3O7S2. The fourth-order valence-corrected chi connectivity index (χ4v) is 2.02. The van der Waals surface area contributed by atoms with Gasteiger partial charge in [0.25, 0.3) is 20.2 Å². The summed E-state index contributed by atoms with van der Waals surface area (Å²) < 4.78 is 75.5. The van der Waals surface area contributed by atoms with Crippen molar-refractivity contribution in [3.63, 3.8) is 0 Å². The Bertz CT molecular complexity index is 401. The Morgan fingerprint density at radius 3 is 1.25 bits per heavy atom. The van der Waals surface area contributed by atoms with Crippen LogP contribution in [-0.2, 0) is 28.7 Å². The first-order chi connectivity index (χ1) is 6.65. The van der Waals surface area contributed by atoms with Crippen LogP contribution in [0.25, 0.3) is 0 Å². The van der Waals surface area contributed by atoms with E-state index in [-0.39, 0.29) is 0 Å². The summed E-state index contributed by atoms with van der Waals surface area (Å²) in [7, 11) is -7.74. The first kappa shape index (κ1) is 17.5. The summed E-state index contributed by atoms with van der Waals surface area (Å²) in [6, 6.07) is 0. The summed E-state index contributed by atoms with van der Waals surface area (Å²) in [5.74, 6) is -2.76. The van der Waals surface area contributed by atoms with Gasteiger partial charge in [-0.3, -0.25) is 0 Å². The molecule has 0 atom stereocenters. The van der Waals surface area contributed by atoms with E-state index >= 15 is 0 Å². The average Bonchev–Trinajstić information content (AvgIpc) is 1.75. The molecule has 16 heavy (non-hydrogen) atoms. The Kier molecular flexibility index (Phi) is 5.96. The third-order valence-electron chi connectivity index (χ3n) is 0.490. The van der Waals surface area contributed by atoms with Gasteiger partial charge < -0.3 is 5.11 Å². The van der Waals surface area contributed by atoms with Crippen LogP contribution < -0.4 is 0 Å². The van der Waals surface area contributed by atoms with E-state index in [0.717, 1.165) is 0 Å². The van der Waals surface area contributed by atoms with Crippen molar-refractivity contribution in [1.82, 2.24) is 0 Å². The Hall–Kier alpha value is -0.880. The third kappa shape index (κ3) is 15.6. The highest BCUT2D eigenvalue weighted by Gasteiger charge is 2.38. The van der Waals surface area contributed by atoms with Crippen molar-refractivity contribution in [3.05, 3.63) is 0 Å². The lowest BCUT2D eigenvalue weighted by molar-refractivity contribution is -0.192.